The van der Waals surface area contributed by atoms with E-state index in [0.29, 0.717) is 12.0 Å². The standard InChI is InChI=1S/C18H25N3/c1-13(2)21-16-10-6-9-14(11-12-19)17(16)18(20-21)15-7-4-3-5-8-15/h3-5,7-8,13-14H,6,9-12,19H2,1-2H3. The van der Waals surface area contributed by atoms with Crippen LogP contribution in [0.2, 0.25) is 0 Å². The molecule has 0 spiro atoms. The minimum absolute atomic E-state index is 0.410. The van der Waals surface area contributed by atoms with Crippen LogP contribution in [-0.4, -0.2) is 16.3 Å². The van der Waals surface area contributed by atoms with Crippen molar-refractivity contribution in [2.75, 3.05) is 6.54 Å². The number of aromatic nitrogens is 2. The number of benzene rings is 1. The van der Waals surface area contributed by atoms with Gasteiger partial charge >= 0.3 is 0 Å². The van der Waals surface area contributed by atoms with Crippen LogP contribution in [0, 0.1) is 0 Å². The van der Waals surface area contributed by atoms with E-state index in [1.807, 2.05) is 0 Å². The molecule has 1 atom stereocenters. The molecule has 1 aliphatic rings. The van der Waals surface area contributed by atoms with Gasteiger partial charge in [0.1, 0.15) is 0 Å². The van der Waals surface area contributed by atoms with Crippen molar-refractivity contribution in [2.24, 2.45) is 5.73 Å². The third-order valence-electron chi connectivity index (χ3n) is 4.48. The van der Waals surface area contributed by atoms with E-state index in [0.717, 1.165) is 19.4 Å². The Morgan fingerprint density at radius 1 is 1.29 bits per heavy atom. The number of rotatable bonds is 4. The lowest BCUT2D eigenvalue weighted by Gasteiger charge is -2.24. The van der Waals surface area contributed by atoms with Gasteiger partial charge in [-0.2, -0.15) is 5.10 Å². The van der Waals surface area contributed by atoms with Crippen LogP contribution in [0.3, 0.4) is 0 Å². The maximum atomic E-state index is 5.84. The summed E-state index contributed by atoms with van der Waals surface area (Å²) in [6.07, 6.45) is 4.71. The summed E-state index contributed by atoms with van der Waals surface area (Å²) in [4.78, 5) is 0. The first kappa shape index (κ1) is 14.3. The van der Waals surface area contributed by atoms with Gasteiger partial charge in [0.05, 0.1) is 5.69 Å². The van der Waals surface area contributed by atoms with E-state index in [4.69, 9.17) is 10.8 Å². The second kappa shape index (κ2) is 6.02. The van der Waals surface area contributed by atoms with E-state index in [9.17, 15) is 0 Å². The first-order valence-electron chi connectivity index (χ1n) is 8.09. The summed E-state index contributed by atoms with van der Waals surface area (Å²) in [5.74, 6) is 0.571. The van der Waals surface area contributed by atoms with E-state index < -0.39 is 0 Å². The molecule has 3 rings (SSSR count). The molecule has 1 unspecified atom stereocenters. The van der Waals surface area contributed by atoms with E-state index in [1.54, 1.807) is 0 Å². The highest BCUT2D eigenvalue weighted by molar-refractivity contribution is 5.65. The summed E-state index contributed by atoms with van der Waals surface area (Å²) < 4.78 is 2.24. The largest absolute Gasteiger partial charge is 0.330 e. The highest BCUT2D eigenvalue weighted by Gasteiger charge is 2.29. The zero-order valence-corrected chi connectivity index (χ0v) is 13.0. The maximum Gasteiger partial charge on any atom is 0.0960 e. The predicted molar refractivity (Wildman–Crippen MR) is 87.4 cm³/mol. The number of nitrogens with two attached hydrogens (primary N) is 1. The van der Waals surface area contributed by atoms with E-state index in [1.165, 1.54) is 35.4 Å². The van der Waals surface area contributed by atoms with Gasteiger partial charge in [-0.1, -0.05) is 30.3 Å². The second-order valence-corrected chi connectivity index (χ2v) is 6.28. The number of hydrogen-bond donors (Lipinski definition) is 1. The molecule has 1 aromatic heterocycles. The Morgan fingerprint density at radius 3 is 2.71 bits per heavy atom. The summed E-state index contributed by atoms with van der Waals surface area (Å²) in [5, 5.41) is 4.97. The monoisotopic (exact) mass is 283 g/mol. The lowest BCUT2D eigenvalue weighted by atomic mass is 9.82. The molecule has 2 aromatic rings. The van der Waals surface area contributed by atoms with Crippen molar-refractivity contribution in [3.63, 3.8) is 0 Å². The molecular weight excluding hydrogens is 258 g/mol. The number of fused-ring (bicyclic) bond motifs is 1. The fourth-order valence-corrected chi connectivity index (χ4v) is 3.55. The van der Waals surface area contributed by atoms with E-state index >= 15 is 0 Å². The zero-order chi connectivity index (χ0) is 14.8. The SMILES string of the molecule is CC(C)n1nc(-c2ccccc2)c2c1CCCC2CCN. The van der Waals surface area contributed by atoms with Crippen LogP contribution in [0.1, 0.15) is 56.3 Å². The zero-order valence-electron chi connectivity index (χ0n) is 13.0. The average molecular weight is 283 g/mol. The lowest BCUT2D eigenvalue weighted by Crippen LogP contribution is -2.16. The van der Waals surface area contributed by atoms with Crippen molar-refractivity contribution >= 4 is 0 Å². The molecule has 0 radical (unpaired) electrons. The highest BCUT2D eigenvalue weighted by atomic mass is 15.3. The summed E-state index contributed by atoms with van der Waals surface area (Å²) in [5.41, 5.74) is 11.2. The molecule has 1 aliphatic carbocycles. The third kappa shape index (κ3) is 2.62. The maximum absolute atomic E-state index is 5.84. The van der Waals surface area contributed by atoms with E-state index in [2.05, 4.69) is 48.9 Å². The summed E-state index contributed by atoms with van der Waals surface area (Å²) >= 11 is 0. The Kier molecular flexibility index (Phi) is 4.11. The molecule has 0 bridgehead atoms. The van der Waals surface area contributed by atoms with E-state index in [-0.39, 0.29) is 0 Å². The van der Waals surface area contributed by atoms with Gasteiger partial charge in [-0.05, 0) is 52.0 Å². The molecule has 0 amide bonds. The van der Waals surface area contributed by atoms with Crippen LogP contribution in [0.5, 0.6) is 0 Å². The molecule has 3 heteroatoms. The fourth-order valence-electron chi connectivity index (χ4n) is 3.55. The van der Waals surface area contributed by atoms with Crippen LogP contribution < -0.4 is 5.73 Å². The van der Waals surface area contributed by atoms with Gasteiger partial charge in [0, 0.05) is 22.9 Å². The minimum atomic E-state index is 0.410. The Labute approximate surface area is 127 Å². The minimum Gasteiger partial charge on any atom is -0.330 e. The number of hydrogen-bond acceptors (Lipinski definition) is 2. The van der Waals surface area contributed by atoms with Crippen molar-refractivity contribution in [1.29, 1.82) is 0 Å². The van der Waals surface area contributed by atoms with Gasteiger partial charge < -0.3 is 5.73 Å². The third-order valence-corrected chi connectivity index (χ3v) is 4.48. The molecule has 0 fully saturated rings. The van der Waals surface area contributed by atoms with Crippen molar-refractivity contribution in [3.8, 4) is 11.3 Å². The Morgan fingerprint density at radius 2 is 2.05 bits per heavy atom. The summed E-state index contributed by atoms with van der Waals surface area (Å²) in [6, 6.07) is 11.0. The van der Waals surface area contributed by atoms with Crippen LogP contribution in [0.15, 0.2) is 30.3 Å². The molecule has 1 aromatic carbocycles. The van der Waals surface area contributed by atoms with Crippen LogP contribution in [0.4, 0.5) is 0 Å². The van der Waals surface area contributed by atoms with Gasteiger partial charge in [-0.25, -0.2) is 0 Å². The molecular formula is C18H25N3. The van der Waals surface area contributed by atoms with Gasteiger partial charge in [-0.3, -0.25) is 4.68 Å². The molecule has 3 nitrogen and oxygen atoms in total. The first-order chi connectivity index (χ1) is 10.2. The van der Waals surface area contributed by atoms with Gasteiger partial charge in [-0.15, -0.1) is 0 Å². The van der Waals surface area contributed by atoms with Crippen molar-refractivity contribution < 1.29 is 0 Å². The highest BCUT2D eigenvalue weighted by Crippen LogP contribution is 2.40. The van der Waals surface area contributed by atoms with Crippen LogP contribution >= 0.6 is 0 Å². The topological polar surface area (TPSA) is 43.8 Å². The first-order valence-corrected chi connectivity index (χ1v) is 8.09. The molecule has 2 N–H and O–H groups in total. The fraction of sp³-hybridized carbons (Fsp3) is 0.500. The Hall–Kier alpha value is -1.61. The molecule has 0 aliphatic heterocycles. The smallest absolute Gasteiger partial charge is 0.0960 e. The molecule has 21 heavy (non-hydrogen) atoms. The van der Waals surface area contributed by atoms with Crippen LogP contribution in [0.25, 0.3) is 11.3 Å². The van der Waals surface area contributed by atoms with Crippen LogP contribution in [-0.2, 0) is 6.42 Å². The predicted octanol–water partition coefficient (Wildman–Crippen LogP) is 3.90. The molecule has 112 valence electrons. The normalized spacial score (nSPS) is 18.0. The molecule has 0 saturated heterocycles. The summed E-state index contributed by atoms with van der Waals surface area (Å²) in [6.45, 7) is 5.19. The van der Waals surface area contributed by atoms with Gasteiger partial charge in [0.25, 0.3) is 0 Å². The average Bonchev–Trinajstić information content (AvgIpc) is 2.89. The van der Waals surface area contributed by atoms with Crippen molar-refractivity contribution in [3.05, 3.63) is 41.6 Å². The Bertz CT molecular complexity index is 598. The number of nitrogens with zero attached hydrogens (tertiary/aromatic N) is 2. The quantitative estimate of drug-likeness (QED) is 0.924. The second-order valence-electron chi connectivity index (χ2n) is 6.28. The molecule has 0 saturated carbocycles. The lowest BCUT2D eigenvalue weighted by molar-refractivity contribution is 0.469. The van der Waals surface area contributed by atoms with Gasteiger partial charge in [0.2, 0.25) is 0 Å². The van der Waals surface area contributed by atoms with Crippen molar-refractivity contribution in [1.82, 2.24) is 9.78 Å². The van der Waals surface area contributed by atoms with Crippen molar-refractivity contribution in [2.45, 2.75) is 51.5 Å². The van der Waals surface area contributed by atoms with Gasteiger partial charge in [0.15, 0.2) is 0 Å². The summed E-state index contributed by atoms with van der Waals surface area (Å²) in [7, 11) is 0. The Balaban J connectivity index is 2.15. The molecule has 1 heterocycles.